The molecule has 0 aromatic heterocycles. The number of carbonyl (C=O) groups excluding carboxylic acids is 1. The highest BCUT2D eigenvalue weighted by Gasteiger charge is 2.14. The molecular formula is C12H15F2NO4. The van der Waals surface area contributed by atoms with Crippen molar-refractivity contribution < 1.29 is 28.2 Å². The SMILES string of the molecule is CCOc1cc(NC(=O)C(C)O)ccc1OC(F)F. The van der Waals surface area contributed by atoms with Crippen molar-refractivity contribution in [1.29, 1.82) is 0 Å². The number of rotatable bonds is 6. The number of hydrogen-bond acceptors (Lipinski definition) is 4. The van der Waals surface area contributed by atoms with Gasteiger partial charge in [-0.3, -0.25) is 4.79 Å². The van der Waals surface area contributed by atoms with Crippen molar-refractivity contribution in [2.24, 2.45) is 0 Å². The number of amides is 1. The lowest BCUT2D eigenvalue weighted by atomic mass is 10.2. The molecule has 0 radical (unpaired) electrons. The highest BCUT2D eigenvalue weighted by molar-refractivity contribution is 5.93. The Morgan fingerprint density at radius 3 is 2.63 bits per heavy atom. The third-order valence-electron chi connectivity index (χ3n) is 2.11. The molecule has 2 N–H and O–H groups in total. The Morgan fingerprint density at radius 2 is 2.11 bits per heavy atom. The first-order valence-corrected chi connectivity index (χ1v) is 5.64. The van der Waals surface area contributed by atoms with Crippen LogP contribution < -0.4 is 14.8 Å². The second kappa shape index (κ2) is 6.89. The number of halogens is 2. The van der Waals surface area contributed by atoms with Gasteiger partial charge in [-0.1, -0.05) is 0 Å². The monoisotopic (exact) mass is 275 g/mol. The molecule has 0 bridgehead atoms. The van der Waals surface area contributed by atoms with Crippen LogP contribution in [0.5, 0.6) is 11.5 Å². The summed E-state index contributed by atoms with van der Waals surface area (Å²) in [7, 11) is 0. The molecule has 0 saturated carbocycles. The van der Waals surface area contributed by atoms with Gasteiger partial charge in [0.1, 0.15) is 6.10 Å². The van der Waals surface area contributed by atoms with E-state index < -0.39 is 18.6 Å². The van der Waals surface area contributed by atoms with Crippen LogP contribution in [0.15, 0.2) is 18.2 Å². The molecule has 7 heteroatoms. The first kappa shape index (κ1) is 15.2. The quantitative estimate of drug-likeness (QED) is 0.833. The highest BCUT2D eigenvalue weighted by atomic mass is 19.3. The lowest BCUT2D eigenvalue weighted by molar-refractivity contribution is -0.123. The van der Waals surface area contributed by atoms with E-state index in [0.29, 0.717) is 5.69 Å². The van der Waals surface area contributed by atoms with E-state index in [1.807, 2.05) is 0 Å². The average molecular weight is 275 g/mol. The number of nitrogens with one attached hydrogen (secondary N) is 1. The first-order valence-electron chi connectivity index (χ1n) is 5.64. The summed E-state index contributed by atoms with van der Waals surface area (Å²) in [6.07, 6.45) is -1.17. The summed E-state index contributed by atoms with van der Waals surface area (Å²) in [6, 6.07) is 3.98. The minimum absolute atomic E-state index is 0.0891. The third kappa shape index (κ3) is 4.70. The van der Waals surface area contributed by atoms with Gasteiger partial charge >= 0.3 is 6.61 Å². The Kier molecular flexibility index (Phi) is 5.50. The van der Waals surface area contributed by atoms with Crippen molar-refractivity contribution in [2.75, 3.05) is 11.9 Å². The average Bonchev–Trinajstić information content (AvgIpc) is 2.32. The Morgan fingerprint density at radius 1 is 1.42 bits per heavy atom. The van der Waals surface area contributed by atoms with Gasteiger partial charge in [0.05, 0.1) is 6.61 Å². The second-order valence-corrected chi connectivity index (χ2v) is 3.64. The lowest BCUT2D eigenvalue weighted by Gasteiger charge is -2.13. The number of aliphatic hydroxyl groups excluding tert-OH is 1. The largest absolute Gasteiger partial charge is 0.490 e. The predicted octanol–water partition coefficient (Wildman–Crippen LogP) is 2.01. The summed E-state index contributed by atoms with van der Waals surface area (Å²) in [5.41, 5.74) is 0.316. The van der Waals surface area contributed by atoms with Gasteiger partial charge in [-0.25, -0.2) is 0 Å². The molecule has 19 heavy (non-hydrogen) atoms. The second-order valence-electron chi connectivity index (χ2n) is 3.64. The molecule has 1 atom stereocenters. The number of benzene rings is 1. The summed E-state index contributed by atoms with van der Waals surface area (Å²) in [6.45, 7) is 0.297. The maximum Gasteiger partial charge on any atom is 0.387 e. The normalized spacial score (nSPS) is 12.1. The molecule has 0 spiro atoms. The van der Waals surface area contributed by atoms with E-state index in [0.717, 1.165) is 0 Å². The van der Waals surface area contributed by atoms with Gasteiger partial charge < -0.3 is 19.9 Å². The fourth-order valence-corrected chi connectivity index (χ4v) is 1.29. The summed E-state index contributed by atoms with van der Waals surface area (Å²) in [4.78, 5) is 11.3. The van der Waals surface area contributed by atoms with E-state index in [9.17, 15) is 13.6 Å². The molecule has 5 nitrogen and oxygen atoms in total. The zero-order chi connectivity index (χ0) is 14.4. The Labute approximate surface area is 109 Å². The number of ether oxygens (including phenoxy) is 2. The molecule has 1 rings (SSSR count). The molecule has 1 amide bonds. The van der Waals surface area contributed by atoms with Crippen molar-refractivity contribution in [1.82, 2.24) is 0 Å². The van der Waals surface area contributed by atoms with E-state index in [1.54, 1.807) is 6.92 Å². The molecule has 1 aromatic rings. The van der Waals surface area contributed by atoms with Crippen LogP contribution in [0.25, 0.3) is 0 Å². The van der Waals surface area contributed by atoms with Gasteiger partial charge in [0.15, 0.2) is 11.5 Å². The molecule has 0 heterocycles. The number of anilines is 1. The van der Waals surface area contributed by atoms with E-state index in [4.69, 9.17) is 9.84 Å². The van der Waals surface area contributed by atoms with Crippen LogP contribution in [0.3, 0.4) is 0 Å². The highest BCUT2D eigenvalue weighted by Crippen LogP contribution is 2.31. The van der Waals surface area contributed by atoms with Crippen molar-refractivity contribution >= 4 is 11.6 Å². The molecular weight excluding hydrogens is 260 g/mol. The van der Waals surface area contributed by atoms with Crippen LogP contribution in [0.2, 0.25) is 0 Å². The first-order chi connectivity index (χ1) is 8.93. The van der Waals surface area contributed by atoms with Crippen LogP contribution in [0.1, 0.15) is 13.8 Å². The van der Waals surface area contributed by atoms with Gasteiger partial charge in [0.2, 0.25) is 0 Å². The maximum atomic E-state index is 12.2. The summed E-state index contributed by atoms with van der Waals surface area (Å²) >= 11 is 0. The number of carbonyl (C=O) groups is 1. The lowest BCUT2D eigenvalue weighted by Crippen LogP contribution is -2.24. The van der Waals surface area contributed by atoms with E-state index in [2.05, 4.69) is 10.1 Å². The van der Waals surface area contributed by atoms with Gasteiger partial charge in [-0.05, 0) is 26.0 Å². The molecule has 106 valence electrons. The minimum atomic E-state index is -2.96. The Bertz CT molecular complexity index is 438. The topological polar surface area (TPSA) is 67.8 Å². The molecule has 0 saturated heterocycles. The van der Waals surface area contributed by atoms with Crippen molar-refractivity contribution in [3.05, 3.63) is 18.2 Å². The van der Waals surface area contributed by atoms with Crippen LogP contribution >= 0.6 is 0 Å². The Balaban J connectivity index is 2.91. The molecule has 0 aliphatic heterocycles. The predicted molar refractivity (Wildman–Crippen MR) is 64.6 cm³/mol. The Hall–Kier alpha value is -1.89. The summed E-state index contributed by atoms with van der Waals surface area (Å²) in [5.74, 6) is -0.636. The standard InChI is InChI=1S/C12H15F2NO4/c1-3-18-10-6-8(15-11(17)7(2)16)4-5-9(10)19-12(13)14/h4-7,12,16H,3H2,1-2H3,(H,15,17). The third-order valence-corrected chi connectivity index (χ3v) is 2.11. The van der Waals surface area contributed by atoms with Crippen molar-refractivity contribution in [2.45, 2.75) is 26.6 Å². The van der Waals surface area contributed by atoms with E-state index >= 15 is 0 Å². The van der Waals surface area contributed by atoms with Crippen LogP contribution in [-0.2, 0) is 4.79 Å². The van der Waals surface area contributed by atoms with Gasteiger partial charge in [0.25, 0.3) is 5.91 Å². The fraction of sp³-hybridized carbons (Fsp3) is 0.417. The zero-order valence-electron chi connectivity index (χ0n) is 10.5. The zero-order valence-corrected chi connectivity index (χ0v) is 10.5. The molecule has 1 aromatic carbocycles. The van der Waals surface area contributed by atoms with Gasteiger partial charge in [-0.15, -0.1) is 0 Å². The molecule has 0 fully saturated rings. The van der Waals surface area contributed by atoms with Crippen molar-refractivity contribution in [3.63, 3.8) is 0 Å². The fourth-order valence-electron chi connectivity index (χ4n) is 1.29. The number of hydrogen-bond donors (Lipinski definition) is 2. The van der Waals surface area contributed by atoms with Crippen LogP contribution in [0, 0.1) is 0 Å². The van der Waals surface area contributed by atoms with E-state index in [1.165, 1.54) is 25.1 Å². The molecule has 0 aliphatic carbocycles. The van der Waals surface area contributed by atoms with E-state index in [-0.39, 0.29) is 18.1 Å². The summed E-state index contributed by atoms with van der Waals surface area (Å²) < 4.78 is 33.8. The number of alkyl halides is 2. The van der Waals surface area contributed by atoms with Crippen LogP contribution in [-0.4, -0.2) is 30.3 Å². The van der Waals surface area contributed by atoms with Gasteiger partial charge in [-0.2, -0.15) is 8.78 Å². The van der Waals surface area contributed by atoms with Crippen LogP contribution in [0.4, 0.5) is 14.5 Å². The summed E-state index contributed by atoms with van der Waals surface area (Å²) in [5, 5.41) is 11.5. The van der Waals surface area contributed by atoms with Crippen molar-refractivity contribution in [3.8, 4) is 11.5 Å². The molecule has 0 aliphatic rings. The number of aliphatic hydroxyl groups is 1. The smallest absolute Gasteiger partial charge is 0.387 e. The van der Waals surface area contributed by atoms with Gasteiger partial charge in [0, 0.05) is 11.8 Å². The minimum Gasteiger partial charge on any atom is -0.490 e. The maximum absolute atomic E-state index is 12.2. The molecule has 1 unspecified atom stereocenters.